The lowest BCUT2D eigenvalue weighted by Gasteiger charge is -1.91. The molecule has 0 bridgehead atoms. The quantitative estimate of drug-likeness (QED) is 0.734. The molecular weight excluding hydrogens is 198 g/mol. The molecular formula is C10H11NS2. The highest BCUT2D eigenvalue weighted by Crippen LogP contribution is 2.31. The molecule has 0 N–H and O–H groups in total. The first-order valence-corrected chi connectivity index (χ1v) is 6.06. The van der Waals surface area contributed by atoms with Crippen molar-refractivity contribution in [2.24, 2.45) is 0 Å². The second kappa shape index (κ2) is 3.60. The molecule has 0 saturated heterocycles. The summed E-state index contributed by atoms with van der Waals surface area (Å²) in [6.07, 6.45) is 1.03. The number of thiazole rings is 1. The Morgan fingerprint density at radius 3 is 2.77 bits per heavy atom. The first-order valence-electron chi connectivity index (χ1n) is 4.30. The van der Waals surface area contributed by atoms with Crippen LogP contribution in [0.5, 0.6) is 0 Å². The largest absolute Gasteiger partial charge is 0.240 e. The van der Waals surface area contributed by atoms with Crippen LogP contribution in [-0.2, 0) is 6.42 Å². The van der Waals surface area contributed by atoms with Gasteiger partial charge in [-0.05, 0) is 30.4 Å². The molecule has 0 fully saturated rings. The molecule has 0 aliphatic rings. The third-order valence-corrected chi connectivity index (χ3v) is 4.03. The van der Waals surface area contributed by atoms with Gasteiger partial charge < -0.3 is 0 Å². The van der Waals surface area contributed by atoms with E-state index in [-0.39, 0.29) is 0 Å². The van der Waals surface area contributed by atoms with Crippen LogP contribution in [0.25, 0.3) is 9.88 Å². The normalized spacial score (nSPS) is 10.6. The van der Waals surface area contributed by atoms with Crippen LogP contribution in [-0.4, -0.2) is 4.98 Å². The maximum atomic E-state index is 4.56. The Balaban J connectivity index is 2.41. The first kappa shape index (κ1) is 8.91. The molecule has 0 aromatic carbocycles. The van der Waals surface area contributed by atoms with Crippen molar-refractivity contribution in [3.05, 3.63) is 28.1 Å². The zero-order valence-electron chi connectivity index (χ0n) is 7.70. The van der Waals surface area contributed by atoms with E-state index in [1.54, 1.807) is 22.7 Å². The third kappa shape index (κ3) is 1.67. The molecule has 0 saturated carbocycles. The maximum Gasteiger partial charge on any atom is 0.133 e. The van der Waals surface area contributed by atoms with Crippen LogP contribution in [0.15, 0.2) is 16.8 Å². The smallest absolute Gasteiger partial charge is 0.133 e. The van der Waals surface area contributed by atoms with E-state index in [1.165, 1.54) is 21.1 Å². The summed E-state index contributed by atoms with van der Waals surface area (Å²) in [6.45, 7) is 4.28. The van der Waals surface area contributed by atoms with Gasteiger partial charge in [-0.25, -0.2) is 4.98 Å². The second-order valence-corrected chi connectivity index (χ2v) is 4.70. The standard InChI is InChI=1S/C10H11NS2/c1-3-8-6-13-10(11-8)9-7(2)4-5-12-9/h4-6H,3H2,1-2H3. The van der Waals surface area contributed by atoms with Crippen molar-refractivity contribution < 1.29 is 0 Å². The van der Waals surface area contributed by atoms with Crippen molar-refractivity contribution >= 4 is 22.7 Å². The fourth-order valence-corrected chi connectivity index (χ4v) is 3.17. The van der Waals surface area contributed by atoms with Crippen LogP contribution in [0.2, 0.25) is 0 Å². The number of hydrogen-bond donors (Lipinski definition) is 0. The molecule has 2 aromatic rings. The summed E-state index contributed by atoms with van der Waals surface area (Å²) < 4.78 is 0. The molecule has 0 unspecified atom stereocenters. The number of nitrogens with zero attached hydrogens (tertiary/aromatic N) is 1. The van der Waals surface area contributed by atoms with Gasteiger partial charge in [0.15, 0.2) is 0 Å². The van der Waals surface area contributed by atoms with E-state index in [4.69, 9.17) is 0 Å². The predicted molar refractivity (Wildman–Crippen MR) is 59.5 cm³/mol. The molecule has 1 nitrogen and oxygen atoms in total. The van der Waals surface area contributed by atoms with Gasteiger partial charge in [-0.3, -0.25) is 0 Å². The van der Waals surface area contributed by atoms with Crippen molar-refractivity contribution in [3.8, 4) is 9.88 Å². The van der Waals surface area contributed by atoms with Gasteiger partial charge in [0.2, 0.25) is 0 Å². The lowest BCUT2D eigenvalue weighted by atomic mass is 10.3. The van der Waals surface area contributed by atoms with Crippen LogP contribution < -0.4 is 0 Å². The summed E-state index contributed by atoms with van der Waals surface area (Å²) in [5, 5.41) is 5.44. The van der Waals surface area contributed by atoms with E-state index in [0.29, 0.717) is 0 Å². The van der Waals surface area contributed by atoms with E-state index in [2.05, 4.69) is 35.7 Å². The summed E-state index contributed by atoms with van der Waals surface area (Å²) in [7, 11) is 0. The molecule has 2 aromatic heterocycles. The van der Waals surface area contributed by atoms with Crippen molar-refractivity contribution in [1.82, 2.24) is 4.98 Å². The zero-order valence-corrected chi connectivity index (χ0v) is 9.34. The molecule has 0 radical (unpaired) electrons. The molecule has 0 atom stereocenters. The predicted octanol–water partition coefficient (Wildman–Crippen LogP) is 3.74. The highest BCUT2D eigenvalue weighted by molar-refractivity contribution is 7.20. The minimum absolute atomic E-state index is 1.03. The van der Waals surface area contributed by atoms with Crippen molar-refractivity contribution in [2.45, 2.75) is 20.3 Å². The van der Waals surface area contributed by atoms with Gasteiger partial charge in [0.05, 0.1) is 10.6 Å². The van der Waals surface area contributed by atoms with E-state index in [1.807, 2.05) is 0 Å². The average molecular weight is 209 g/mol. The maximum absolute atomic E-state index is 4.56. The van der Waals surface area contributed by atoms with Gasteiger partial charge in [-0.2, -0.15) is 0 Å². The average Bonchev–Trinajstić information content (AvgIpc) is 2.71. The van der Waals surface area contributed by atoms with Gasteiger partial charge in [0.25, 0.3) is 0 Å². The van der Waals surface area contributed by atoms with E-state index in [9.17, 15) is 0 Å². The summed E-state index contributed by atoms with van der Waals surface area (Å²) in [6, 6.07) is 2.15. The van der Waals surface area contributed by atoms with Crippen LogP contribution >= 0.6 is 22.7 Å². The van der Waals surface area contributed by atoms with Crippen molar-refractivity contribution in [2.75, 3.05) is 0 Å². The Bertz CT molecular complexity index is 400. The van der Waals surface area contributed by atoms with Gasteiger partial charge in [-0.15, -0.1) is 22.7 Å². The molecule has 2 heterocycles. The summed E-state index contributed by atoms with van der Waals surface area (Å²) in [5.41, 5.74) is 2.54. The molecule has 2 rings (SSSR count). The van der Waals surface area contributed by atoms with Gasteiger partial charge in [-0.1, -0.05) is 6.92 Å². The van der Waals surface area contributed by atoms with Gasteiger partial charge in [0.1, 0.15) is 5.01 Å². The Hall–Kier alpha value is -0.670. The lowest BCUT2D eigenvalue weighted by molar-refractivity contribution is 1.07. The number of aryl methyl sites for hydroxylation is 2. The fraction of sp³-hybridized carbons (Fsp3) is 0.300. The number of hydrogen-bond acceptors (Lipinski definition) is 3. The molecule has 0 aliphatic carbocycles. The Morgan fingerprint density at radius 1 is 1.38 bits per heavy atom. The van der Waals surface area contributed by atoms with Crippen LogP contribution in [0.4, 0.5) is 0 Å². The molecule has 13 heavy (non-hydrogen) atoms. The summed E-state index contributed by atoms with van der Waals surface area (Å²) in [5.74, 6) is 0. The third-order valence-electron chi connectivity index (χ3n) is 1.97. The number of rotatable bonds is 2. The second-order valence-electron chi connectivity index (χ2n) is 2.93. The molecule has 0 spiro atoms. The Kier molecular flexibility index (Phi) is 2.47. The highest BCUT2D eigenvalue weighted by atomic mass is 32.1. The van der Waals surface area contributed by atoms with E-state index in [0.717, 1.165) is 6.42 Å². The molecule has 68 valence electrons. The van der Waals surface area contributed by atoms with E-state index >= 15 is 0 Å². The zero-order chi connectivity index (χ0) is 9.26. The van der Waals surface area contributed by atoms with Crippen LogP contribution in [0, 0.1) is 6.92 Å². The monoisotopic (exact) mass is 209 g/mol. The number of thiophene rings is 1. The minimum atomic E-state index is 1.03. The fourth-order valence-electron chi connectivity index (χ4n) is 1.17. The topological polar surface area (TPSA) is 12.9 Å². The first-order chi connectivity index (χ1) is 6.31. The van der Waals surface area contributed by atoms with Gasteiger partial charge in [0, 0.05) is 5.38 Å². The molecule has 0 aliphatic heterocycles. The Labute approximate surface area is 86.1 Å². The van der Waals surface area contributed by atoms with Crippen molar-refractivity contribution in [1.29, 1.82) is 0 Å². The van der Waals surface area contributed by atoms with Crippen LogP contribution in [0.1, 0.15) is 18.2 Å². The minimum Gasteiger partial charge on any atom is -0.240 e. The Morgan fingerprint density at radius 2 is 2.23 bits per heavy atom. The number of aromatic nitrogens is 1. The highest BCUT2D eigenvalue weighted by Gasteiger charge is 2.07. The van der Waals surface area contributed by atoms with Crippen molar-refractivity contribution in [3.63, 3.8) is 0 Å². The molecule has 0 amide bonds. The summed E-state index contributed by atoms with van der Waals surface area (Å²) >= 11 is 3.52. The van der Waals surface area contributed by atoms with Crippen LogP contribution in [0.3, 0.4) is 0 Å². The van der Waals surface area contributed by atoms with Gasteiger partial charge >= 0.3 is 0 Å². The van der Waals surface area contributed by atoms with E-state index < -0.39 is 0 Å². The summed E-state index contributed by atoms with van der Waals surface area (Å²) in [4.78, 5) is 5.88. The SMILES string of the molecule is CCc1csc(-c2sccc2C)n1. The lowest BCUT2D eigenvalue weighted by Crippen LogP contribution is -1.79. The molecule has 3 heteroatoms.